The van der Waals surface area contributed by atoms with Gasteiger partial charge in [-0.1, -0.05) is 13.3 Å². The topological polar surface area (TPSA) is 67.4 Å². The lowest BCUT2D eigenvalue weighted by Crippen LogP contribution is -2.32. The van der Waals surface area contributed by atoms with Crippen LogP contribution < -0.4 is 15.4 Å². The standard InChI is InChI=1S/C15H22N2O3/c1-3-5-6-14(18)16-11-15(19)17-12-7-9-13(10-8-12)20-4-2/h7-10H,3-6,11H2,1-2H3,(H,16,18)(H,17,19). The molecule has 2 amide bonds. The Kier molecular flexibility index (Phi) is 7.17. The van der Waals surface area contributed by atoms with Gasteiger partial charge in [-0.05, 0) is 37.6 Å². The van der Waals surface area contributed by atoms with Crippen LogP contribution in [0.4, 0.5) is 5.69 Å². The van der Waals surface area contributed by atoms with Gasteiger partial charge in [0, 0.05) is 12.1 Å². The number of ether oxygens (including phenoxy) is 1. The average molecular weight is 278 g/mol. The van der Waals surface area contributed by atoms with Crippen LogP contribution in [0.5, 0.6) is 5.75 Å². The van der Waals surface area contributed by atoms with Crippen molar-refractivity contribution in [3.63, 3.8) is 0 Å². The maximum Gasteiger partial charge on any atom is 0.243 e. The summed E-state index contributed by atoms with van der Waals surface area (Å²) in [5, 5.41) is 5.31. The van der Waals surface area contributed by atoms with Crippen LogP contribution in [0, 0.1) is 0 Å². The highest BCUT2D eigenvalue weighted by molar-refractivity contribution is 5.94. The first-order chi connectivity index (χ1) is 9.65. The largest absolute Gasteiger partial charge is 0.494 e. The molecule has 2 N–H and O–H groups in total. The fourth-order valence-electron chi connectivity index (χ4n) is 1.61. The Morgan fingerprint density at radius 2 is 1.80 bits per heavy atom. The van der Waals surface area contributed by atoms with E-state index in [1.165, 1.54) is 0 Å². The highest BCUT2D eigenvalue weighted by Gasteiger charge is 2.05. The molecule has 5 nitrogen and oxygen atoms in total. The number of carbonyl (C=O) groups is 2. The van der Waals surface area contributed by atoms with Gasteiger partial charge in [0.1, 0.15) is 5.75 Å². The third kappa shape index (κ3) is 6.22. The average Bonchev–Trinajstić information content (AvgIpc) is 2.45. The molecular weight excluding hydrogens is 256 g/mol. The fraction of sp³-hybridized carbons (Fsp3) is 0.467. The molecule has 0 bridgehead atoms. The zero-order chi connectivity index (χ0) is 14.8. The molecule has 0 aliphatic heterocycles. The van der Waals surface area contributed by atoms with E-state index in [9.17, 15) is 9.59 Å². The second-order valence-electron chi connectivity index (χ2n) is 4.39. The number of unbranched alkanes of at least 4 members (excludes halogenated alkanes) is 1. The predicted molar refractivity (Wildman–Crippen MR) is 78.8 cm³/mol. The molecule has 0 atom stereocenters. The zero-order valence-corrected chi connectivity index (χ0v) is 12.1. The summed E-state index contributed by atoms with van der Waals surface area (Å²) in [7, 11) is 0. The van der Waals surface area contributed by atoms with E-state index in [1.54, 1.807) is 24.3 Å². The summed E-state index contributed by atoms with van der Waals surface area (Å²) in [6.45, 7) is 4.54. The van der Waals surface area contributed by atoms with Crippen molar-refractivity contribution in [3.8, 4) is 5.75 Å². The van der Waals surface area contributed by atoms with Gasteiger partial charge in [0.15, 0.2) is 0 Å². The van der Waals surface area contributed by atoms with Crippen molar-refractivity contribution in [2.75, 3.05) is 18.5 Å². The second-order valence-corrected chi connectivity index (χ2v) is 4.39. The SMILES string of the molecule is CCCCC(=O)NCC(=O)Nc1ccc(OCC)cc1. The van der Waals surface area contributed by atoms with Crippen LogP contribution in [0.25, 0.3) is 0 Å². The van der Waals surface area contributed by atoms with Crippen LogP contribution in [0.1, 0.15) is 33.1 Å². The Hall–Kier alpha value is -2.04. The normalized spacial score (nSPS) is 9.90. The molecule has 0 heterocycles. The van der Waals surface area contributed by atoms with Crippen LogP contribution in [-0.2, 0) is 9.59 Å². The minimum absolute atomic E-state index is 0.00421. The number of benzene rings is 1. The number of anilines is 1. The lowest BCUT2D eigenvalue weighted by Gasteiger charge is -2.08. The highest BCUT2D eigenvalue weighted by Crippen LogP contribution is 2.15. The van der Waals surface area contributed by atoms with Crippen molar-refractivity contribution in [2.24, 2.45) is 0 Å². The van der Waals surface area contributed by atoms with E-state index in [1.807, 2.05) is 13.8 Å². The maximum absolute atomic E-state index is 11.6. The van der Waals surface area contributed by atoms with Crippen molar-refractivity contribution in [2.45, 2.75) is 33.1 Å². The maximum atomic E-state index is 11.6. The minimum Gasteiger partial charge on any atom is -0.494 e. The third-order valence-corrected chi connectivity index (χ3v) is 2.65. The van der Waals surface area contributed by atoms with Crippen molar-refractivity contribution >= 4 is 17.5 Å². The summed E-state index contributed by atoms with van der Waals surface area (Å²) >= 11 is 0. The summed E-state index contributed by atoms with van der Waals surface area (Å²) in [5.74, 6) is 0.436. The first-order valence-corrected chi connectivity index (χ1v) is 6.95. The van der Waals surface area contributed by atoms with Gasteiger partial charge in [0.2, 0.25) is 11.8 Å². The van der Waals surface area contributed by atoms with Gasteiger partial charge in [-0.3, -0.25) is 9.59 Å². The van der Waals surface area contributed by atoms with Crippen molar-refractivity contribution in [1.29, 1.82) is 0 Å². The number of hydrogen-bond donors (Lipinski definition) is 2. The summed E-state index contributed by atoms with van der Waals surface area (Å²) in [6, 6.07) is 7.11. The van der Waals surface area contributed by atoms with E-state index in [4.69, 9.17) is 4.74 Å². The molecule has 5 heteroatoms. The van der Waals surface area contributed by atoms with Crippen LogP contribution in [-0.4, -0.2) is 25.0 Å². The van der Waals surface area contributed by atoms with E-state index in [2.05, 4.69) is 10.6 Å². The third-order valence-electron chi connectivity index (χ3n) is 2.65. The van der Waals surface area contributed by atoms with Gasteiger partial charge < -0.3 is 15.4 Å². The van der Waals surface area contributed by atoms with E-state index in [0.29, 0.717) is 18.7 Å². The van der Waals surface area contributed by atoms with Crippen molar-refractivity contribution < 1.29 is 14.3 Å². The molecule has 1 aromatic rings. The number of carbonyl (C=O) groups excluding carboxylic acids is 2. The highest BCUT2D eigenvalue weighted by atomic mass is 16.5. The molecule has 0 unspecified atom stereocenters. The number of nitrogens with one attached hydrogen (secondary N) is 2. The lowest BCUT2D eigenvalue weighted by molar-refractivity contribution is -0.124. The van der Waals surface area contributed by atoms with Crippen molar-refractivity contribution in [3.05, 3.63) is 24.3 Å². The Balaban J connectivity index is 2.32. The van der Waals surface area contributed by atoms with Crippen LogP contribution in [0.15, 0.2) is 24.3 Å². The fourth-order valence-corrected chi connectivity index (χ4v) is 1.61. The lowest BCUT2D eigenvalue weighted by atomic mass is 10.2. The Labute approximate surface area is 119 Å². The van der Waals surface area contributed by atoms with Crippen LogP contribution in [0.2, 0.25) is 0 Å². The smallest absolute Gasteiger partial charge is 0.243 e. The van der Waals surface area contributed by atoms with Gasteiger partial charge in [-0.2, -0.15) is 0 Å². The van der Waals surface area contributed by atoms with Gasteiger partial charge in [0.05, 0.1) is 13.2 Å². The number of hydrogen-bond acceptors (Lipinski definition) is 3. The quantitative estimate of drug-likeness (QED) is 0.767. The molecule has 0 fully saturated rings. The molecule has 0 spiro atoms. The predicted octanol–water partition coefficient (Wildman–Crippen LogP) is 2.33. The molecule has 0 saturated heterocycles. The van der Waals surface area contributed by atoms with E-state index >= 15 is 0 Å². The zero-order valence-electron chi connectivity index (χ0n) is 12.1. The van der Waals surface area contributed by atoms with Crippen LogP contribution in [0.3, 0.4) is 0 Å². The summed E-state index contributed by atoms with van der Waals surface area (Å²) in [4.78, 5) is 23.0. The molecule has 0 aliphatic rings. The van der Waals surface area contributed by atoms with Crippen LogP contribution >= 0.6 is 0 Å². The first kappa shape index (κ1) is 16.0. The molecule has 1 rings (SSSR count). The Morgan fingerprint density at radius 1 is 1.10 bits per heavy atom. The molecular formula is C15H22N2O3. The monoisotopic (exact) mass is 278 g/mol. The van der Waals surface area contributed by atoms with Gasteiger partial charge in [0.25, 0.3) is 0 Å². The van der Waals surface area contributed by atoms with E-state index in [-0.39, 0.29) is 18.4 Å². The molecule has 0 aliphatic carbocycles. The summed E-state index contributed by atoms with van der Waals surface area (Å²) < 4.78 is 5.31. The van der Waals surface area contributed by atoms with Crippen molar-refractivity contribution in [1.82, 2.24) is 5.32 Å². The van der Waals surface area contributed by atoms with E-state index < -0.39 is 0 Å². The second kappa shape index (κ2) is 8.96. The first-order valence-electron chi connectivity index (χ1n) is 6.95. The molecule has 1 aromatic carbocycles. The van der Waals surface area contributed by atoms with E-state index in [0.717, 1.165) is 18.6 Å². The minimum atomic E-state index is -0.237. The van der Waals surface area contributed by atoms with Gasteiger partial charge in [-0.15, -0.1) is 0 Å². The summed E-state index contributed by atoms with van der Waals surface area (Å²) in [5.41, 5.74) is 0.682. The van der Waals surface area contributed by atoms with Gasteiger partial charge >= 0.3 is 0 Å². The molecule has 0 aromatic heterocycles. The Bertz CT molecular complexity index is 429. The molecule has 0 radical (unpaired) electrons. The van der Waals surface area contributed by atoms with Gasteiger partial charge in [-0.25, -0.2) is 0 Å². The molecule has 20 heavy (non-hydrogen) atoms. The molecule has 110 valence electrons. The molecule has 0 saturated carbocycles. The number of rotatable bonds is 8. The summed E-state index contributed by atoms with van der Waals surface area (Å²) in [6.07, 6.45) is 2.27. The Morgan fingerprint density at radius 3 is 2.40 bits per heavy atom. The number of amides is 2.